The molecule has 0 bridgehead atoms. The number of rotatable bonds is 6. The molecule has 2 heterocycles. The zero-order valence-electron chi connectivity index (χ0n) is 18.1. The number of para-hydroxylation sites is 1. The molecule has 6 heteroatoms. The Labute approximate surface area is 178 Å². The van der Waals surface area contributed by atoms with Crippen LogP contribution in [0.3, 0.4) is 0 Å². The molecule has 0 spiro atoms. The molecule has 3 atom stereocenters. The first-order chi connectivity index (χ1) is 14.6. The third kappa shape index (κ3) is 4.10. The lowest BCUT2D eigenvalue weighted by atomic mass is 9.83. The lowest BCUT2D eigenvalue weighted by Crippen LogP contribution is -2.55. The average Bonchev–Trinajstić information content (AvgIpc) is 3.43. The molecule has 6 nitrogen and oxygen atoms in total. The van der Waals surface area contributed by atoms with Gasteiger partial charge in [0.15, 0.2) is 0 Å². The second kappa shape index (κ2) is 9.21. The quantitative estimate of drug-likeness (QED) is 0.682. The van der Waals surface area contributed by atoms with Gasteiger partial charge in [-0.3, -0.25) is 9.59 Å². The van der Waals surface area contributed by atoms with E-state index in [1.807, 2.05) is 24.0 Å². The van der Waals surface area contributed by atoms with E-state index in [0.29, 0.717) is 0 Å². The molecule has 1 aromatic carbocycles. The van der Waals surface area contributed by atoms with Crippen LogP contribution >= 0.6 is 0 Å². The lowest BCUT2D eigenvalue weighted by molar-refractivity contribution is -0.139. The van der Waals surface area contributed by atoms with Crippen LogP contribution in [0.5, 0.6) is 0 Å². The molecule has 1 aromatic heterocycles. The number of likely N-dealkylation sites (tertiary alicyclic amines) is 1. The number of hydrogen-bond acceptors (Lipinski definition) is 3. The van der Waals surface area contributed by atoms with Gasteiger partial charge in [-0.1, -0.05) is 37.5 Å². The molecular weight excluding hydrogens is 376 g/mol. The summed E-state index contributed by atoms with van der Waals surface area (Å²) < 4.78 is 0. The van der Waals surface area contributed by atoms with Gasteiger partial charge < -0.3 is 20.5 Å². The Morgan fingerprint density at radius 3 is 2.63 bits per heavy atom. The molecule has 3 unspecified atom stereocenters. The van der Waals surface area contributed by atoms with Crippen molar-refractivity contribution < 1.29 is 9.59 Å². The fraction of sp³-hybridized carbons (Fsp3) is 0.583. The highest BCUT2D eigenvalue weighted by Gasteiger charge is 2.39. The summed E-state index contributed by atoms with van der Waals surface area (Å²) in [6.45, 7) is 2.59. The Hall–Kier alpha value is -2.34. The molecule has 2 amide bonds. The first-order valence-corrected chi connectivity index (χ1v) is 11.4. The van der Waals surface area contributed by atoms with Crippen molar-refractivity contribution in [2.75, 3.05) is 13.6 Å². The third-order valence-corrected chi connectivity index (χ3v) is 7.03. The van der Waals surface area contributed by atoms with Crippen LogP contribution in [-0.2, 0) is 9.59 Å². The van der Waals surface area contributed by atoms with Crippen molar-refractivity contribution in [1.29, 1.82) is 0 Å². The van der Waals surface area contributed by atoms with Crippen LogP contribution in [0, 0.1) is 5.92 Å². The number of carbonyl (C=O) groups is 2. The van der Waals surface area contributed by atoms with E-state index < -0.39 is 6.04 Å². The van der Waals surface area contributed by atoms with Gasteiger partial charge in [-0.05, 0) is 57.2 Å². The van der Waals surface area contributed by atoms with Gasteiger partial charge in [0.2, 0.25) is 11.8 Å². The van der Waals surface area contributed by atoms with Crippen molar-refractivity contribution in [3.63, 3.8) is 0 Å². The minimum absolute atomic E-state index is 0.0679. The Morgan fingerprint density at radius 2 is 1.87 bits per heavy atom. The fourth-order valence-electron chi connectivity index (χ4n) is 5.16. The first kappa shape index (κ1) is 20.9. The first-order valence-electron chi connectivity index (χ1n) is 11.4. The smallest absolute Gasteiger partial charge is 0.245 e. The molecule has 3 N–H and O–H groups in total. The van der Waals surface area contributed by atoms with E-state index in [0.717, 1.165) is 50.6 Å². The fourth-order valence-corrected chi connectivity index (χ4v) is 5.16. The predicted octanol–water partition coefficient (Wildman–Crippen LogP) is 3.50. The predicted molar refractivity (Wildman–Crippen MR) is 119 cm³/mol. The van der Waals surface area contributed by atoms with Gasteiger partial charge in [-0.25, -0.2) is 0 Å². The monoisotopic (exact) mass is 410 g/mol. The van der Waals surface area contributed by atoms with E-state index in [2.05, 4.69) is 33.9 Å². The van der Waals surface area contributed by atoms with Crippen LogP contribution in [0.25, 0.3) is 10.9 Å². The van der Waals surface area contributed by atoms with Crippen molar-refractivity contribution in [1.82, 2.24) is 20.5 Å². The SMILES string of the molecule is CNC(C)C(=O)NC(C(=O)N1CCCC1c1c[nH]c2ccccc12)C1CCCCC1. The Morgan fingerprint density at radius 1 is 1.10 bits per heavy atom. The number of likely N-dealkylation sites (N-methyl/N-ethyl adjacent to an activating group) is 1. The highest BCUT2D eigenvalue weighted by molar-refractivity contribution is 5.91. The summed E-state index contributed by atoms with van der Waals surface area (Å²) in [6, 6.07) is 7.59. The van der Waals surface area contributed by atoms with E-state index in [1.54, 1.807) is 7.05 Å². The zero-order valence-corrected chi connectivity index (χ0v) is 18.1. The van der Waals surface area contributed by atoms with E-state index in [-0.39, 0.29) is 29.8 Å². The minimum atomic E-state index is -0.431. The lowest BCUT2D eigenvalue weighted by Gasteiger charge is -2.35. The Balaban J connectivity index is 1.59. The summed E-state index contributed by atoms with van der Waals surface area (Å²) >= 11 is 0. The number of carbonyl (C=O) groups excluding carboxylic acids is 2. The highest BCUT2D eigenvalue weighted by Crippen LogP contribution is 2.37. The Bertz CT molecular complexity index is 886. The summed E-state index contributed by atoms with van der Waals surface area (Å²) in [5.74, 6) is 0.221. The summed E-state index contributed by atoms with van der Waals surface area (Å²) in [5, 5.41) is 7.29. The van der Waals surface area contributed by atoms with Crippen molar-refractivity contribution in [2.24, 2.45) is 5.92 Å². The van der Waals surface area contributed by atoms with Crippen LogP contribution in [0.4, 0.5) is 0 Å². The van der Waals surface area contributed by atoms with Gasteiger partial charge in [0.05, 0.1) is 12.1 Å². The summed E-state index contributed by atoms with van der Waals surface area (Å²) in [5.41, 5.74) is 2.29. The largest absolute Gasteiger partial charge is 0.361 e. The van der Waals surface area contributed by atoms with Gasteiger partial charge in [-0.15, -0.1) is 0 Å². The molecule has 2 aliphatic rings. The number of amides is 2. The second-order valence-corrected chi connectivity index (χ2v) is 8.87. The van der Waals surface area contributed by atoms with Crippen molar-refractivity contribution in [2.45, 2.75) is 70.0 Å². The third-order valence-electron chi connectivity index (χ3n) is 7.03. The zero-order chi connectivity index (χ0) is 21.1. The van der Waals surface area contributed by atoms with E-state index in [4.69, 9.17) is 0 Å². The van der Waals surface area contributed by atoms with E-state index in [9.17, 15) is 9.59 Å². The van der Waals surface area contributed by atoms with Crippen molar-refractivity contribution in [3.05, 3.63) is 36.0 Å². The molecule has 162 valence electrons. The number of aromatic amines is 1. The van der Waals surface area contributed by atoms with Crippen LogP contribution in [0.15, 0.2) is 30.5 Å². The maximum Gasteiger partial charge on any atom is 0.245 e. The topological polar surface area (TPSA) is 77.2 Å². The van der Waals surface area contributed by atoms with E-state index in [1.165, 1.54) is 17.4 Å². The maximum absolute atomic E-state index is 13.8. The summed E-state index contributed by atoms with van der Waals surface area (Å²) in [6.07, 6.45) is 9.53. The van der Waals surface area contributed by atoms with Gasteiger partial charge in [0.25, 0.3) is 0 Å². The number of H-pyrrole nitrogens is 1. The molecule has 1 saturated carbocycles. The number of nitrogens with one attached hydrogen (secondary N) is 3. The molecule has 1 aliphatic carbocycles. The normalized spacial score (nSPS) is 22.2. The van der Waals surface area contributed by atoms with Gasteiger partial charge >= 0.3 is 0 Å². The van der Waals surface area contributed by atoms with Crippen LogP contribution < -0.4 is 10.6 Å². The molecule has 2 aromatic rings. The van der Waals surface area contributed by atoms with Gasteiger partial charge in [0.1, 0.15) is 6.04 Å². The second-order valence-electron chi connectivity index (χ2n) is 8.87. The maximum atomic E-state index is 13.8. The standard InChI is InChI=1S/C24H34N4O2/c1-16(25-2)23(29)27-22(17-9-4-3-5-10-17)24(30)28-14-8-13-21(28)19-15-26-20-12-7-6-11-18(19)20/h6-7,11-12,15-17,21-22,25-26H,3-5,8-10,13-14H2,1-2H3,(H,27,29). The number of hydrogen-bond donors (Lipinski definition) is 3. The summed E-state index contributed by atoms with van der Waals surface area (Å²) in [7, 11) is 1.77. The Kier molecular flexibility index (Phi) is 6.42. The van der Waals surface area contributed by atoms with Crippen LogP contribution in [0.2, 0.25) is 0 Å². The van der Waals surface area contributed by atoms with Crippen molar-refractivity contribution >= 4 is 22.7 Å². The van der Waals surface area contributed by atoms with Crippen LogP contribution in [0.1, 0.15) is 63.5 Å². The van der Waals surface area contributed by atoms with E-state index >= 15 is 0 Å². The number of nitrogens with zero attached hydrogens (tertiary/aromatic N) is 1. The number of aromatic nitrogens is 1. The minimum Gasteiger partial charge on any atom is -0.361 e. The molecule has 4 rings (SSSR count). The van der Waals surface area contributed by atoms with Gasteiger partial charge in [0, 0.05) is 23.6 Å². The van der Waals surface area contributed by atoms with Crippen molar-refractivity contribution in [3.8, 4) is 0 Å². The highest BCUT2D eigenvalue weighted by atomic mass is 16.2. The molecular formula is C24H34N4O2. The number of benzene rings is 1. The summed E-state index contributed by atoms with van der Waals surface area (Å²) in [4.78, 5) is 31.9. The van der Waals surface area contributed by atoms with Crippen LogP contribution in [-0.4, -0.2) is 47.4 Å². The molecule has 1 saturated heterocycles. The molecule has 1 aliphatic heterocycles. The number of fused-ring (bicyclic) bond motifs is 1. The molecule has 0 radical (unpaired) electrons. The average molecular weight is 411 g/mol. The molecule has 2 fully saturated rings. The molecule has 30 heavy (non-hydrogen) atoms. The van der Waals surface area contributed by atoms with Gasteiger partial charge in [-0.2, -0.15) is 0 Å².